The van der Waals surface area contributed by atoms with Crippen LogP contribution in [0.3, 0.4) is 0 Å². The normalized spacial score (nSPS) is 41.1. The minimum Gasteiger partial charge on any atom is -0.458 e. The summed E-state index contributed by atoms with van der Waals surface area (Å²) in [5.41, 5.74) is 0.300. The molecule has 4 bridgehead atoms. The van der Waals surface area contributed by atoms with Gasteiger partial charge in [-0.05, 0) is 32.6 Å². The first-order valence-corrected chi connectivity index (χ1v) is 14.2. The maximum atomic E-state index is 12.8. The molecule has 0 radical (unpaired) electrons. The van der Waals surface area contributed by atoms with Gasteiger partial charge in [0.25, 0.3) is 0 Å². The number of hydrogen-bond donors (Lipinski definition) is 3. The highest BCUT2D eigenvalue weighted by atomic mass is 16.6. The molecule has 39 heavy (non-hydrogen) atoms. The third-order valence-electron chi connectivity index (χ3n) is 7.96. The van der Waals surface area contributed by atoms with Gasteiger partial charge in [0.2, 0.25) is 0 Å². The van der Waals surface area contributed by atoms with E-state index in [4.69, 9.17) is 19.3 Å². The van der Waals surface area contributed by atoms with Gasteiger partial charge in [-0.15, -0.1) is 0 Å². The second-order valence-electron chi connectivity index (χ2n) is 11.1. The number of aliphatic hydroxyl groups excluding tert-OH is 3. The number of allylic oxidation sites excluding steroid dienone is 6. The van der Waals surface area contributed by atoms with Crippen LogP contribution in [0.5, 0.6) is 0 Å². The highest BCUT2D eigenvalue weighted by molar-refractivity contribution is 5.82. The van der Waals surface area contributed by atoms with E-state index in [0.29, 0.717) is 38.5 Å². The molecular weight excluding hydrogens is 496 g/mol. The summed E-state index contributed by atoms with van der Waals surface area (Å²) in [5, 5.41) is 30.0. The Morgan fingerprint density at radius 2 is 1.90 bits per heavy atom. The largest absolute Gasteiger partial charge is 0.458 e. The van der Waals surface area contributed by atoms with Crippen LogP contribution in [0.2, 0.25) is 0 Å². The van der Waals surface area contributed by atoms with Crippen molar-refractivity contribution in [2.24, 2.45) is 11.3 Å². The molecule has 2 fully saturated rings. The average Bonchev–Trinajstić information content (AvgIpc) is 2.90. The zero-order chi connectivity index (χ0) is 28.3. The molecule has 0 amide bonds. The lowest BCUT2D eigenvalue weighted by Gasteiger charge is -2.47. The zero-order valence-electron chi connectivity index (χ0n) is 23.5. The smallest absolute Gasteiger partial charge is 0.331 e. The monoisotopic (exact) mass is 542 g/mol. The molecule has 0 unspecified atom stereocenters. The van der Waals surface area contributed by atoms with Crippen molar-refractivity contribution >= 4 is 5.97 Å². The molecule has 3 heterocycles. The fourth-order valence-corrected chi connectivity index (χ4v) is 5.30. The van der Waals surface area contributed by atoms with Gasteiger partial charge in [0.1, 0.15) is 6.10 Å². The van der Waals surface area contributed by atoms with Gasteiger partial charge in [0, 0.05) is 31.4 Å². The van der Waals surface area contributed by atoms with E-state index in [2.05, 4.69) is 18.2 Å². The van der Waals surface area contributed by atoms with Crippen LogP contribution in [0.4, 0.5) is 0 Å². The van der Waals surface area contributed by atoms with Crippen LogP contribution in [-0.2, 0) is 19.0 Å². The predicted molar refractivity (Wildman–Crippen MR) is 152 cm³/mol. The second-order valence-corrected chi connectivity index (χ2v) is 11.1. The van der Waals surface area contributed by atoms with Crippen LogP contribution in [0, 0.1) is 11.3 Å². The number of aliphatic hydroxyl groups is 3. The van der Waals surface area contributed by atoms with Crippen LogP contribution in [0.25, 0.3) is 0 Å². The SMILES string of the molecule is CC1=C/[C@H]2O[C@@H](C/C=C/C=C/C(=O)O[C@@H]3C[C@@H](/C=C/C\C=C\1)O[C@@H](C/C=C\CCO)[C@]3(C)CO)C[C@H](O)[C@H]2C. The van der Waals surface area contributed by atoms with Crippen molar-refractivity contribution in [1.29, 1.82) is 0 Å². The Kier molecular flexibility index (Phi) is 12.4. The van der Waals surface area contributed by atoms with Gasteiger partial charge in [-0.25, -0.2) is 4.79 Å². The third kappa shape index (κ3) is 9.12. The van der Waals surface area contributed by atoms with E-state index in [1.807, 2.05) is 51.2 Å². The summed E-state index contributed by atoms with van der Waals surface area (Å²) < 4.78 is 18.5. The number of fused-ring (bicyclic) bond motifs is 4. The number of carbonyl (C=O) groups excluding carboxylic acids is 1. The van der Waals surface area contributed by atoms with Crippen molar-refractivity contribution < 1.29 is 34.3 Å². The number of ether oxygens (including phenoxy) is 3. The number of hydrogen-bond acceptors (Lipinski definition) is 7. The van der Waals surface area contributed by atoms with E-state index in [1.54, 1.807) is 12.2 Å². The minimum atomic E-state index is -0.779. The van der Waals surface area contributed by atoms with E-state index < -0.39 is 23.6 Å². The lowest BCUT2D eigenvalue weighted by molar-refractivity contribution is -0.198. The molecule has 3 N–H and O–H groups in total. The minimum absolute atomic E-state index is 0.00781. The van der Waals surface area contributed by atoms with Crippen molar-refractivity contribution in [3.05, 3.63) is 72.4 Å². The molecule has 3 aliphatic rings. The molecule has 0 spiro atoms. The van der Waals surface area contributed by atoms with Crippen molar-refractivity contribution in [1.82, 2.24) is 0 Å². The Balaban J connectivity index is 1.84. The summed E-state index contributed by atoms with van der Waals surface area (Å²) >= 11 is 0. The molecule has 0 aliphatic carbocycles. The van der Waals surface area contributed by atoms with Gasteiger partial charge in [0.15, 0.2) is 0 Å². The molecule has 0 aromatic heterocycles. The molecule has 0 aromatic carbocycles. The molecule has 8 atom stereocenters. The molecule has 3 aliphatic heterocycles. The Morgan fingerprint density at radius 1 is 1.08 bits per heavy atom. The van der Waals surface area contributed by atoms with E-state index in [1.165, 1.54) is 6.08 Å². The van der Waals surface area contributed by atoms with Gasteiger partial charge in [-0.1, -0.05) is 80.2 Å². The van der Waals surface area contributed by atoms with Crippen LogP contribution < -0.4 is 0 Å². The van der Waals surface area contributed by atoms with E-state index in [9.17, 15) is 15.0 Å². The van der Waals surface area contributed by atoms with Crippen LogP contribution in [-0.4, -0.2) is 71.1 Å². The molecule has 2 saturated heterocycles. The van der Waals surface area contributed by atoms with Crippen LogP contribution >= 0.6 is 0 Å². The second kappa shape index (κ2) is 15.5. The molecule has 0 aromatic rings. The van der Waals surface area contributed by atoms with Crippen LogP contribution in [0.1, 0.15) is 59.3 Å². The average molecular weight is 543 g/mol. The van der Waals surface area contributed by atoms with Gasteiger partial charge < -0.3 is 29.5 Å². The molecule has 3 rings (SSSR count). The predicted octanol–water partition coefficient (Wildman–Crippen LogP) is 4.50. The summed E-state index contributed by atoms with van der Waals surface area (Å²) in [6, 6.07) is 0. The van der Waals surface area contributed by atoms with Crippen molar-refractivity contribution in [2.45, 2.75) is 95.9 Å². The topological polar surface area (TPSA) is 105 Å². The lowest BCUT2D eigenvalue weighted by atomic mass is 9.73. The lowest BCUT2D eigenvalue weighted by Crippen LogP contribution is -2.55. The van der Waals surface area contributed by atoms with Crippen molar-refractivity contribution in [3.63, 3.8) is 0 Å². The van der Waals surface area contributed by atoms with Gasteiger partial charge >= 0.3 is 5.97 Å². The van der Waals surface area contributed by atoms with E-state index in [-0.39, 0.29) is 43.5 Å². The Hall–Kier alpha value is -2.29. The standard InChI is InChI=1S/C32H46O7/c1-23-13-7-4-8-15-26-21-30(32(3,22-34)29(38-26)16-10-6-12-18-33)39-31(36)17-11-5-9-14-25-20-27(35)24(2)28(19-23)37-25/h5-11,13,15,17,19,24-30,33-35H,4,12,14,16,18,20-22H2,1-3H3/b9-5+,10-6-,13-7+,15-8+,17-11+,23-19-/t24-,25+,26-,27+,28-,29+,30-,32+/m1/s1. The zero-order valence-corrected chi connectivity index (χ0v) is 23.5. The maximum Gasteiger partial charge on any atom is 0.331 e. The fraction of sp³-hybridized carbons (Fsp3) is 0.594. The Labute approximate surface area is 233 Å². The van der Waals surface area contributed by atoms with Gasteiger partial charge in [-0.2, -0.15) is 0 Å². The van der Waals surface area contributed by atoms with Gasteiger partial charge in [-0.3, -0.25) is 0 Å². The molecule has 0 saturated carbocycles. The molecule has 7 nitrogen and oxygen atoms in total. The van der Waals surface area contributed by atoms with E-state index in [0.717, 1.165) is 5.57 Å². The maximum absolute atomic E-state index is 12.8. The quantitative estimate of drug-likeness (QED) is 0.347. The highest BCUT2D eigenvalue weighted by Gasteiger charge is 2.48. The molecular formula is C32H46O7. The summed E-state index contributed by atoms with van der Waals surface area (Å²) in [7, 11) is 0. The van der Waals surface area contributed by atoms with E-state index >= 15 is 0 Å². The summed E-state index contributed by atoms with van der Waals surface area (Å²) in [6.07, 6.45) is 22.4. The van der Waals surface area contributed by atoms with Crippen molar-refractivity contribution in [2.75, 3.05) is 13.2 Å². The number of esters is 1. The first-order chi connectivity index (χ1) is 18.8. The third-order valence-corrected chi connectivity index (χ3v) is 7.96. The van der Waals surface area contributed by atoms with Crippen LogP contribution in [0.15, 0.2) is 72.4 Å². The molecule has 216 valence electrons. The number of rotatable bonds is 5. The van der Waals surface area contributed by atoms with Crippen molar-refractivity contribution in [3.8, 4) is 0 Å². The Morgan fingerprint density at radius 3 is 2.67 bits per heavy atom. The van der Waals surface area contributed by atoms with Gasteiger partial charge in [0.05, 0.1) is 42.5 Å². The summed E-state index contributed by atoms with van der Waals surface area (Å²) in [6.45, 7) is 5.83. The Bertz CT molecular complexity index is 962. The first kappa shape index (κ1) is 31.2. The summed E-state index contributed by atoms with van der Waals surface area (Å²) in [4.78, 5) is 12.8. The fourth-order valence-electron chi connectivity index (χ4n) is 5.30. The molecule has 7 heteroatoms. The first-order valence-electron chi connectivity index (χ1n) is 14.2. The summed E-state index contributed by atoms with van der Waals surface area (Å²) in [5.74, 6) is -0.465. The number of carbonyl (C=O) groups is 1. The highest BCUT2D eigenvalue weighted by Crippen LogP contribution is 2.41.